The molecule has 2 aromatic carbocycles. The Kier molecular flexibility index (Phi) is 4.68. The van der Waals surface area contributed by atoms with Crippen LogP contribution in [0.15, 0.2) is 46.9 Å². The maximum atomic E-state index is 10.2. The summed E-state index contributed by atoms with van der Waals surface area (Å²) < 4.78 is 0.789. The molecule has 0 saturated heterocycles. The fourth-order valence-corrected chi connectivity index (χ4v) is 2.49. The minimum absolute atomic E-state index is 0.507. The molecular formula is C14H11BrCl2O. The molecule has 0 aliphatic rings. The molecule has 1 unspecified atom stereocenters. The van der Waals surface area contributed by atoms with Gasteiger partial charge in [0.25, 0.3) is 0 Å². The summed E-state index contributed by atoms with van der Waals surface area (Å²) in [7, 11) is 0. The summed E-state index contributed by atoms with van der Waals surface area (Å²) in [6.07, 6.45) is -0.121. The van der Waals surface area contributed by atoms with Crippen molar-refractivity contribution in [2.24, 2.45) is 0 Å². The third kappa shape index (κ3) is 3.27. The van der Waals surface area contributed by atoms with E-state index in [2.05, 4.69) is 15.9 Å². The topological polar surface area (TPSA) is 20.2 Å². The number of aliphatic hydroxyl groups excluding tert-OH is 1. The Bertz CT molecular complexity index is 540. The quantitative estimate of drug-likeness (QED) is 0.826. The zero-order chi connectivity index (χ0) is 13.1. The number of benzene rings is 2. The molecule has 1 nitrogen and oxygen atoms in total. The normalized spacial score (nSPS) is 12.4. The predicted octanol–water partition coefficient (Wildman–Crippen LogP) is 5.03. The number of rotatable bonds is 3. The van der Waals surface area contributed by atoms with E-state index in [1.807, 2.05) is 42.5 Å². The molecule has 1 N–H and O–H groups in total. The van der Waals surface area contributed by atoms with Crippen molar-refractivity contribution in [2.75, 3.05) is 0 Å². The van der Waals surface area contributed by atoms with Gasteiger partial charge in [-0.2, -0.15) is 0 Å². The van der Waals surface area contributed by atoms with Gasteiger partial charge in [-0.05, 0) is 39.7 Å². The Morgan fingerprint density at radius 2 is 1.72 bits per heavy atom. The average molecular weight is 346 g/mol. The number of halogens is 3. The molecule has 0 heterocycles. The molecule has 0 aromatic heterocycles. The molecule has 0 aliphatic carbocycles. The van der Waals surface area contributed by atoms with Crippen molar-refractivity contribution >= 4 is 39.1 Å². The van der Waals surface area contributed by atoms with Gasteiger partial charge in [-0.25, -0.2) is 0 Å². The Morgan fingerprint density at radius 3 is 2.39 bits per heavy atom. The summed E-state index contributed by atoms with van der Waals surface area (Å²) in [6.45, 7) is 0. The van der Waals surface area contributed by atoms with Crippen LogP contribution in [0.3, 0.4) is 0 Å². The van der Waals surface area contributed by atoms with Gasteiger partial charge in [-0.1, -0.05) is 47.5 Å². The Morgan fingerprint density at radius 1 is 1.06 bits per heavy atom. The molecule has 0 radical (unpaired) electrons. The number of hydrogen-bond acceptors (Lipinski definition) is 1. The van der Waals surface area contributed by atoms with Crippen molar-refractivity contribution < 1.29 is 5.11 Å². The molecule has 2 rings (SSSR count). The van der Waals surface area contributed by atoms with E-state index in [0.29, 0.717) is 16.5 Å². The average Bonchev–Trinajstić information content (AvgIpc) is 2.35. The monoisotopic (exact) mass is 344 g/mol. The van der Waals surface area contributed by atoms with Gasteiger partial charge in [0.2, 0.25) is 0 Å². The van der Waals surface area contributed by atoms with Crippen molar-refractivity contribution in [1.82, 2.24) is 0 Å². The van der Waals surface area contributed by atoms with Gasteiger partial charge in [-0.15, -0.1) is 0 Å². The van der Waals surface area contributed by atoms with Gasteiger partial charge in [0, 0.05) is 21.5 Å². The summed E-state index contributed by atoms with van der Waals surface area (Å²) in [4.78, 5) is 0. The van der Waals surface area contributed by atoms with E-state index in [1.54, 1.807) is 0 Å². The summed E-state index contributed by atoms with van der Waals surface area (Å²) in [5.74, 6) is 0. The van der Waals surface area contributed by atoms with Crippen LogP contribution in [0.25, 0.3) is 0 Å². The molecule has 0 amide bonds. The van der Waals surface area contributed by atoms with E-state index in [-0.39, 0.29) is 0 Å². The minimum Gasteiger partial charge on any atom is -0.388 e. The molecule has 0 spiro atoms. The van der Waals surface area contributed by atoms with E-state index < -0.39 is 6.10 Å². The second-order valence-corrected chi connectivity index (χ2v) is 5.66. The van der Waals surface area contributed by atoms with Gasteiger partial charge < -0.3 is 5.11 Å². The zero-order valence-electron chi connectivity index (χ0n) is 9.41. The first-order valence-electron chi connectivity index (χ1n) is 5.44. The van der Waals surface area contributed by atoms with Gasteiger partial charge >= 0.3 is 0 Å². The SMILES string of the molecule is OC(Cc1ccc(Cl)cc1)c1cccc(Br)c1Cl. The molecule has 0 saturated carbocycles. The summed E-state index contributed by atoms with van der Waals surface area (Å²) in [5, 5.41) is 11.5. The lowest BCUT2D eigenvalue weighted by Gasteiger charge is -2.13. The first-order valence-corrected chi connectivity index (χ1v) is 6.99. The Balaban J connectivity index is 2.19. The lowest BCUT2D eigenvalue weighted by atomic mass is 10.0. The van der Waals surface area contributed by atoms with Gasteiger partial charge in [0.15, 0.2) is 0 Å². The third-order valence-corrected chi connectivity index (χ3v) is 4.25. The van der Waals surface area contributed by atoms with Crippen LogP contribution < -0.4 is 0 Å². The van der Waals surface area contributed by atoms with Crippen molar-refractivity contribution in [1.29, 1.82) is 0 Å². The fraction of sp³-hybridized carbons (Fsp3) is 0.143. The van der Waals surface area contributed by atoms with Gasteiger partial charge in [-0.3, -0.25) is 0 Å². The molecule has 94 valence electrons. The molecule has 18 heavy (non-hydrogen) atoms. The maximum Gasteiger partial charge on any atom is 0.0845 e. The van der Waals surface area contributed by atoms with Crippen LogP contribution in [0.2, 0.25) is 10.0 Å². The van der Waals surface area contributed by atoms with E-state index in [0.717, 1.165) is 15.6 Å². The zero-order valence-corrected chi connectivity index (χ0v) is 12.5. The second kappa shape index (κ2) is 6.07. The molecular weight excluding hydrogens is 335 g/mol. The fourth-order valence-electron chi connectivity index (χ4n) is 1.73. The highest BCUT2D eigenvalue weighted by molar-refractivity contribution is 9.10. The maximum absolute atomic E-state index is 10.2. The van der Waals surface area contributed by atoms with Crippen LogP contribution in [-0.2, 0) is 6.42 Å². The lowest BCUT2D eigenvalue weighted by Crippen LogP contribution is -2.02. The summed E-state index contributed by atoms with van der Waals surface area (Å²) in [5.41, 5.74) is 1.74. The van der Waals surface area contributed by atoms with Crippen molar-refractivity contribution in [3.05, 3.63) is 68.1 Å². The Hall–Kier alpha value is -0.540. The molecule has 0 fully saturated rings. The van der Waals surface area contributed by atoms with Crippen molar-refractivity contribution in [2.45, 2.75) is 12.5 Å². The number of hydrogen-bond donors (Lipinski definition) is 1. The molecule has 0 aliphatic heterocycles. The second-order valence-electron chi connectivity index (χ2n) is 3.99. The predicted molar refractivity (Wildman–Crippen MR) is 79.3 cm³/mol. The highest BCUT2D eigenvalue weighted by Gasteiger charge is 2.13. The van der Waals surface area contributed by atoms with Crippen molar-refractivity contribution in [3.63, 3.8) is 0 Å². The number of aliphatic hydroxyl groups is 1. The van der Waals surface area contributed by atoms with E-state index >= 15 is 0 Å². The molecule has 4 heteroatoms. The van der Waals surface area contributed by atoms with Crippen LogP contribution in [-0.4, -0.2) is 5.11 Å². The largest absolute Gasteiger partial charge is 0.388 e. The highest BCUT2D eigenvalue weighted by Crippen LogP contribution is 2.31. The van der Waals surface area contributed by atoms with Crippen LogP contribution in [0.1, 0.15) is 17.2 Å². The van der Waals surface area contributed by atoms with Gasteiger partial charge in [0.05, 0.1) is 11.1 Å². The first-order chi connectivity index (χ1) is 8.58. The van der Waals surface area contributed by atoms with Crippen molar-refractivity contribution in [3.8, 4) is 0 Å². The molecule has 2 aromatic rings. The van der Waals surface area contributed by atoms with Crippen LogP contribution in [0, 0.1) is 0 Å². The minimum atomic E-state index is -0.629. The van der Waals surface area contributed by atoms with E-state index in [9.17, 15) is 5.11 Å². The van der Waals surface area contributed by atoms with Crippen LogP contribution in [0.4, 0.5) is 0 Å². The Labute approximate surface area is 124 Å². The lowest BCUT2D eigenvalue weighted by molar-refractivity contribution is 0.178. The smallest absolute Gasteiger partial charge is 0.0845 e. The van der Waals surface area contributed by atoms with E-state index in [1.165, 1.54) is 0 Å². The first kappa shape index (κ1) is 13.9. The summed E-state index contributed by atoms with van der Waals surface area (Å²) in [6, 6.07) is 13.0. The van der Waals surface area contributed by atoms with Crippen LogP contribution in [0.5, 0.6) is 0 Å². The van der Waals surface area contributed by atoms with E-state index in [4.69, 9.17) is 23.2 Å². The third-order valence-electron chi connectivity index (χ3n) is 2.68. The highest BCUT2D eigenvalue weighted by atomic mass is 79.9. The molecule has 0 bridgehead atoms. The molecule has 1 atom stereocenters. The standard InChI is InChI=1S/C14H11BrCl2O/c15-12-3-1-2-11(14(12)17)13(18)8-9-4-6-10(16)7-5-9/h1-7,13,18H,8H2. The van der Waals surface area contributed by atoms with Gasteiger partial charge in [0.1, 0.15) is 0 Å². The van der Waals surface area contributed by atoms with Crippen LogP contribution >= 0.6 is 39.1 Å². The summed E-state index contributed by atoms with van der Waals surface area (Å²) >= 11 is 15.3.